The third kappa shape index (κ3) is 4.04. The van der Waals surface area contributed by atoms with Gasteiger partial charge in [0, 0.05) is 21.6 Å². The van der Waals surface area contributed by atoms with E-state index in [0.717, 1.165) is 22.9 Å². The molecule has 4 nitrogen and oxygen atoms in total. The highest BCUT2D eigenvalue weighted by Crippen LogP contribution is 2.43. The number of ether oxygens (including phenoxy) is 1. The Labute approximate surface area is 191 Å². The minimum Gasteiger partial charge on any atom is -0.457 e. The van der Waals surface area contributed by atoms with Gasteiger partial charge in [-0.3, -0.25) is 4.98 Å². The SMILES string of the molecule is Cc1ccc(C2C(c3ccccn3)NC(=S)N2c2ccc(Oc3ccccc3)cc2)s1. The van der Waals surface area contributed by atoms with Gasteiger partial charge in [-0.05, 0) is 79.8 Å². The van der Waals surface area contributed by atoms with Gasteiger partial charge in [0.1, 0.15) is 11.5 Å². The van der Waals surface area contributed by atoms with Gasteiger partial charge >= 0.3 is 0 Å². The summed E-state index contributed by atoms with van der Waals surface area (Å²) in [4.78, 5) is 9.32. The maximum absolute atomic E-state index is 5.95. The Morgan fingerprint density at radius 1 is 0.903 bits per heavy atom. The number of nitrogens with one attached hydrogen (secondary N) is 1. The van der Waals surface area contributed by atoms with Crippen LogP contribution in [0.2, 0.25) is 0 Å². The van der Waals surface area contributed by atoms with Gasteiger partial charge < -0.3 is 15.0 Å². The Hall–Kier alpha value is -3.22. The fourth-order valence-electron chi connectivity index (χ4n) is 3.83. The van der Waals surface area contributed by atoms with E-state index in [9.17, 15) is 0 Å². The summed E-state index contributed by atoms with van der Waals surface area (Å²) in [6.07, 6.45) is 1.83. The molecule has 31 heavy (non-hydrogen) atoms. The number of anilines is 1. The number of aromatic nitrogens is 1. The zero-order chi connectivity index (χ0) is 21.2. The molecular weight excluding hydrogens is 422 g/mol. The number of pyridine rings is 1. The van der Waals surface area contributed by atoms with Crippen LogP contribution in [0.25, 0.3) is 0 Å². The summed E-state index contributed by atoms with van der Waals surface area (Å²) < 4.78 is 5.95. The lowest BCUT2D eigenvalue weighted by Gasteiger charge is -2.27. The number of hydrogen-bond acceptors (Lipinski definition) is 4. The van der Waals surface area contributed by atoms with E-state index in [1.165, 1.54) is 9.75 Å². The van der Waals surface area contributed by atoms with Crippen LogP contribution in [0.5, 0.6) is 11.5 Å². The zero-order valence-corrected chi connectivity index (χ0v) is 18.6. The minimum absolute atomic E-state index is 0.0213. The summed E-state index contributed by atoms with van der Waals surface area (Å²) in [6, 6.07) is 28.2. The number of hydrogen-bond donors (Lipinski definition) is 1. The molecule has 0 amide bonds. The number of nitrogens with zero attached hydrogens (tertiary/aromatic N) is 2. The molecule has 1 aliphatic heterocycles. The Kier molecular flexibility index (Phi) is 5.40. The predicted octanol–water partition coefficient (Wildman–Crippen LogP) is 6.42. The van der Waals surface area contributed by atoms with Crippen LogP contribution in [0, 0.1) is 6.92 Å². The van der Waals surface area contributed by atoms with Crippen LogP contribution in [0.15, 0.2) is 91.1 Å². The molecule has 3 heterocycles. The summed E-state index contributed by atoms with van der Waals surface area (Å²) in [5.74, 6) is 1.61. The van der Waals surface area contributed by atoms with Crippen molar-refractivity contribution in [2.24, 2.45) is 0 Å². The van der Waals surface area contributed by atoms with Crippen molar-refractivity contribution in [2.75, 3.05) is 4.90 Å². The second-order valence-electron chi connectivity index (χ2n) is 7.35. The first-order valence-electron chi connectivity index (χ1n) is 10.1. The molecule has 4 aromatic rings. The average Bonchev–Trinajstić information content (AvgIpc) is 3.38. The Bertz CT molecular complexity index is 1180. The van der Waals surface area contributed by atoms with Crippen LogP contribution in [0.3, 0.4) is 0 Å². The van der Waals surface area contributed by atoms with Gasteiger partial charge in [0.05, 0.1) is 17.8 Å². The van der Waals surface area contributed by atoms with E-state index in [-0.39, 0.29) is 12.1 Å². The fraction of sp³-hybridized carbons (Fsp3) is 0.120. The molecule has 0 spiro atoms. The maximum Gasteiger partial charge on any atom is 0.174 e. The van der Waals surface area contributed by atoms with Gasteiger partial charge in [-0.2, -0.15) is 0 Å². The molecule has 0 saturated carbocycles. The number of thiophene rings is 1. The van der Waals surface area contributed by atoms with Crippen molar-refractivity contribution >= 4 is 34.4 Å². The molecule has 1 N–H and O–H groups in total. The van der Waals surface area contributed by atoms with Crippen LogP contribution in [0.4, 0.5) is 5.69 Å². The topological polar surface area (TPSA) is 37.4 Å². The first-order chi connectivity index (χ1) is 15.2. The first kappa shape index (κ1) is 19.7. The molecule has 1 fully saturated rings. The maximum atomic E-state index is 5.95. The van der Waals surface area contributed by atoms with Crippen LogP contribution in [-0.2, 0) is 0 Å². The quantitative estimate of drug-likeness (QED) is 0.360. The second kappa shape index (κ2) is 8.49. The predicted molar refractivity (Wildman–Crippen MR) is 130 cm³/mol. The van der Waals surface area contributed by atoms with Crippen molar-refractivity contribution in [3.8, 4) is 11.5 Å². The van der Waals surface area contributed by atoms with E-state index in [4.69, 9.17) is 17.0 Å². The highest BCUT2D eigenvalue weighted by molar-refractivity contribution is 7.80. The largest absolute Gasteiger partial charge is 0.457 e. The average molecular weight is 444 g/mol. The van der Waals surface area contributed by atoms with Crippen LogP contribution in [-0.4, -0.2) is 10.1 Å². The Morgan fingerprint density at radius 2 is 1.65 bits per heavy atom. The molecule has 2 atom stereocenters. The van der Waals surface area contributed by atoms with Crippen molar-refractivity contribution in [3.63, 3.8) is 0 Å². The van der Waals surface area contributed by atoms with Gasteiger partial charge in [0.2, 0.25) is 0 Å². The van der Waals surface area contributed by atoms with Crippen molar-refractivity contribution in [1.82, 2.24) is 10.3 Å². The standard InChI is InChI=1S/C25H21N3OS2/c1-17-10-15-22(31-17)24-23(21-9-5-6-16-26-21)27-25(30)28(24)18-11-13-20(14-12-18)29-19-7-3-2-4-8-19/h2-16,23-24H,1H3,(H,27,30). The third-order valence-corrected chi connectivity index (χ3v) is 6.63. The number of benzene rings is 2. The third-order valence-electron chi connectivity index (χ3n) is 5.24. The molecular formula is C25H21N3OS2. The molecule has 1 saturated heterocycles. The molecule has 2 aromatic heterocycles. The van der Waals surface area contributed by atoms with Crippen molar-refractivity contribution in [3.05, 3.63) is 107 Å². The van der Waals surface area contributed by atoms with Gasteiger partial charge in [-0.25, -0.2) is 0 Å². The fourth-order valence-corrected chi connectivity index (χ4v) is 5.19. The Morgan fingerprint density at radius 3 is 2.32 bits per heavy atom. The molecule has 154 valence electrons. The molecule has 0 radical (unpaired) electrons. The summed E-state index contributed by atoms with van der Waals surface area (Å²) in [5.41, 5.74) is 2.00. The highest BCUT2D eigenvalue weighted by atomic mass is 32.1. The number of thiocarbonyl (C=S) groups is 1. The van der Waals surface area contributed by atoms with E-state index in [2.05, 4.69) is 46.4 Å². The number of para-hydroxylation sites is 1. The van der Waals surface area contributed by atoms with E-state index in [1.807, 2.05) is 66.9 Å². The summed E-state index contributed by atoms with van der Waals surface area (Å²) in [5, 5.41) is 4.20. The smallest absolute Gasteiger partial charge is 0.174 e. The minimum atomic E-state index is -0.0213. The van der Waals surface area contributed by atoms with Gasteiger partial charge in [-0.1, -0.05) is 24.3 Å². The molecule has 0 bridgehead atoms. The van der Waals surface area contributed by atoms with E-state index in [0.29, 0.717) is 5.11 Å². The van der Waals surface area contributed by atoms with Crippen molar-refractivity contribution in [2.45, 2.75) is 19.0 Å². The Balaban J connectivity index is 1.48. The monoisotopic (exact) mass is 443 g/mol. The summed E-state index contributed by atoms with van der Waals surface area (Å²) >= 11 is 7.58. The number of aryl methyl sites for hydroxylation is 1. The van der Waals surface area contributed by atoms with Crippen molar-refractivity contribution < 1.29 is 4.74 Å². The van der Waals surface area contributed by atoms with Crippen LogP contribution < -0.4 is 15.0 Å². The second-order valence-corrected chi connectivity index (χ2v) is 9.06. The van der Waals surface area contributed by atoms with Gasteiger partial charge in [-0.15, -0.1) is 11.3 Å². The lowest BCUT2D eigenvalue weighted by molar-refractivity contribution is 0.482. The van der Waals surface area contributed by atoms with Crippen LogP contribution in [0.1, 0.15) is 27.5 Å². The lowest BCUT2D eigenvalue weighted by Crippen LogP contribution is -2.28. The summed E-state index contributed by atoms with van der Waals surface area (Å²) in [7, 11) is 0. The van der Waals surface area contributed by atoms with E-state index in [1.54, 1.807) is 11.3 Å². The van der Waals surface area contributed by atoms with Gasteiger partial charge in [0.25, 0.3) is 0 Å². The molecule has 6 heteroatoms. The van der Waals surface area contributed by atoms with Crippen LogP contribution >= 0.6 is 23.6 Å². The molecule has 2 unspecified atom stereocenters. The lowest BCUT2D eigenvalue weighted by atomic mass is 10.0. The first-order valence-corrected chi connectivity index (χ1v) is 11.3. The number of rotatable bonds is 5. The molecule has 1 aliphatic rings. The zero-order valence-electron chi connectivity index (χ0n) is 16.9. The highest BCUT2D eigenvalue weighted by Gasteiger charge is 2.41. The molecule has 2 aromatic carbocycles. The van der Waals surface area contributed by atoms with Gasteiger partial charge in [0.15, 0.2) is 5.11 Å². The molecule has 0 aliphatic carbocycles. The van der Waals surface area contributed by atoms with Crippen molar-refractivity contribution in [1.29, 1.82) is 0 Å². The summed E-state index contributed by atoms with van der Waals surface area (Å²) in [6.45, 7) is 2.13. The molecule has 5 rings (SSSR count). The van der Waals surface area contributed by atoms with E-state index < -0.39 is 0 Å². The normalized spacial score (nSPS) is 18.1. The van der Waals surface area contributed by atoms with E-state index >= 15 is 0 Å².